The summed E-state index contributed by atoms with van der Waals surface area (Å²) in [6, 6.07) is 8.19. The minimum absolute atomic E-state index is 0.0407. The highest BCUT2D eigenvalue weighted by atomic mass is 16.5. The van der Waals surface area contributed by atoms with Crippen molar-refractivity contribution in [1.29, 1.82) is 0 Å². The second kappa shape index (κ2) is 6.48. The molecule has 4 nitrogen and oxygen atoms in total. The standard InChI is InChI=1S/C17H25NO3/c1-12(2)13-6-5-7-14(10-13)21-15-8-9-17(11-15,18-3)16(19)20-4/h5-7,10,12,15,18H,8-9,11H2,1-4H3. The number of rotatable bonds is 5. The number of benzene rings is 1. The third kappa shape index (κ3) is 3.38. The minimum atomic E-state index is -0.602. The number of esters is 1. The van der Waals surface area contributed by atoms with Crippen LogP contribution in [0.2, 0.25) is 0 Å². The van der Waals surface area contributed by atoms with Gasteiger partial charge in [0.15, 0.2) is 0 Å². The molecule has 2 rings (SSSR count). The van der Waals surface area contributed by atoms with Crippen LogP contribution in [0.15, 0.2) is 24.3 Å². The number of ether oxygens (including phenoxy) is 2. The largest absolute Gasteiger partial charge is 0.490 e. The third-order valence-corrected chi connectivity index (χ3v) is 4.35. The lowest BCUT2D eigenvalue weighted by atomic mass is 9.98. The molecule has 0 heterocycles. The van der Waals surface area contributed by atoms with E-state index in [1.165, 1.54) is 12.7 Å². The van der Waals surface area contributed by atoms with E-state index >= 15 is 0 Å². The van der Waals surface area contributed by atoms with Crippen LogP contribution in [-0.2, 0) is 9.53 Å². The van der Waals surface area contributed by atoms with Crippen molar-refractivity contribution < 1.29 is 14.3 Å². The van der Waals surface area contributed by atoms with Gasteiger partial charge in [0.25, 0.3) is 0 Å². The fourth-order valence-corrected chi connectivity index (χ4v) is 2.95. The Labute approximate surface area is 126 Å². The molecule has 1 aromatic rings. The van der Waals surface area contributed by atoms with E-state index in [1.54, 1.807) is 7.05 Å². The highest BCUT2D eigenvalue weighted by molar-refractivity contribution is 5.81. The van der Waals surface area contributed by atoms with Gasteiger partial charge in [-0.1, -0.05) is 26.0 Å². The zero-order valence-electron chi connectivity index (χ0n) is 13.3. The Kier molecular flexibility index (Phi) is 4.88. The topological polar surface area (TPSA) is 47.6 Å². The fourth-order valence-electron chi connectivity index (χ4n) is 2.95. The zero-order valence-corrected chi connectivity index (χ0v) is 13.3. The molecule has 0 bridgehead atoms. The first-order valence-corrected chi connectivity index (χ1v) is 7.54. The summed E-state index contributed by atoms with van der Waals surface area (Å²) in [5, 5.41) is 3.12. The number of likely N-dealkylation sites (N-methyl/N-ethyl adjacent to an activating group) is 1. The number of carbonyl (C=O) groups is 1. The molecule has 0 aromatic heterocycles. The first-order chi connectivity index (χ1) is 10.0. The smallest absolute Gasteiger partial charge is 0.326 e. The molecule has 4 heteroatoms. The minimum Gasteiger partial charge on any atom is -0.490 e. The molecule has 0 amide bonds. The Balaban J connectivity index is 2.05. The van der Waals surface area contributed by atoms with E-state index in [0.717, 1.165) is 18.6 Å². The molecule has 2 atom stereocenters. The van der Waals surface area contributed by atoms with Crippen molar-refractivity contribution in [2.75, 3.05) is 14.2 Å². The molecule has 1 fully saturated rings. The van der Waals surface area contributed by atoms with Crippen LogP contribution in [0, 0.1) is 0 Å². The van der Waals surface area contributed by atoms with Gasteiger partial charge < -0.3 is 14.8 Å². The van der Waals surface area contributed by atoms with Gasteiger partial charge in [-0.2, -0.15) is 0 Å². The van der Waals surface area contributed by atoms with Gasteiger partial charge in [-0.15, -0.1) is 0 Å². The van der Waals surface area contributed by atoms with Crippen molar-refractivity contribution in [3.63, 3.8) is 0 Å². The Morgan fingerprint density at radius 2 is 2.19 bits per heavy atom. The molecular weight excluding hydrogens is 266 g/mol. The number of methoxy groups -OCH3 is 1. The van der Waals surface area contributed by atoms with E-state index in [-0.39, 0.29) is 12.1 Å². The van der Waals surface area contributed by atoms with Gasteiger partial charge in [0, 0.05) is 6.42 Å². The summed E-state index contributed by atoms with van der Waals surface area (Å²) in [4.78, 5) is 12.0. The van der Waals surface area contributed by atoms with Crippen LogP contribution in [-0.4, -0.2) is 31.8 Å². The lowest BCUT2D eigenvalue weighted by Gasteiger charge is -2.25. The van der Waals surface area contributed by atoms with E-state index in [4.69, 9.17) is 9.47 Å². The Hall–Kier alpha value is -1.55. The summed E-state index contributed by atoms with van der Waals surface area (Å²) >= 11 is 0. The van der Waals surface area contributed by atoms with E-state index in [0.29, 0.717) is 12.3 Å². The van der Waals surface area contributed by atoms with E-state index < -0.39 is 5.54 Å². The third-order valence-electron chi connectivity index (χ3n) is 4.35. The van der Waals surface area contributed by atoms with Crippen molar-refractivity contribution in [2.45, 2.75) is 50.7 Å². The molecule has 1 aromatic carbocycles. The van der Waals surface area contributed by atoms with Crippen LogP contribution >= 0.6 is 0 Å². The predicted molar refractivity (Wildman–Crippen MR) is 82.6 cm³/mol. The van der Waals surface area contributed by atoms with Gasteiger partial charge in [-0.05, 0) is 43.5 Å². The fraction of sp³-hybridized carbons (Fsp3) is 0.588. The van der Waals surface area contributed by atoms with Crippen molar-refractivity contribution >= 4 is 5.97 Å². The summed E-state index contributed by atoms with van der Waals surface area (Å²) in [5.74, 6) is 1.15. The molecule has 21 heavy (non-hydrogen) atoms. The van der Waals surface area contributed by atoms with E-state index in [1.807, 2.05) is 12.1 Å². The lowest BCUT2D eigenvalue weighted by Crippen LogP contribution is -2.49. The maximum atomic E-state index is 12.0. The molecule has 0 aliphatic heterocycles. The van der Waals surface area contributed by atoms with Gasteiger partial charge in [0.2, 0.25) is 0 Å². The first-order valence-electron chi connectivity index (χ1n) is 7.54. The molecule has 0 radical (unpaired) electrons. The van der Waals surface area contributed by atoms with E-state index in [2.05, 4.69) is 31.3 Å². The lowest BCUT2D eigenvalue weighted by molar-refractivity contribution is -0.148. The summed E-state index contributed by atoms with van der Waals surface area (Å²) in [6.07, 6.45) is 2.27. The molecule has 1 saturated carbocycles. The predicted octanol–water partition coefficient (Wildman–Crippen LogP) is 2.87. The average Bonchev–Trinajstić information content (AvgIpc) is 2.91. The van der Waals surface area contributed by atoms with Crippen LogP contribution in [0.4, 0.5) is 0 Å². The maximum absolute atomic E-state index is 12.0. The monoisotopic (exact) mass is 291 g/mol. The van der Waals surface area contributed by atoms with Crippen molar-refractivity contribution in [1.82, 2.24) is 5.32 Å². The molecule has 0 saturated heterocycles. The average molecular weight is 291 g/mol. The second-order valence-electron chi connectivity index (χ2n) is 6.03. The zero-order chi connectivity index (χ0) is 15.5. The van der Waals surface area contributed by atoms with Gasteiger partial charge >= 0.3 is 5.97 Å². The van der Waals surface area contributed by atoms with Crippen LogP contribution in [0.3, 0.4) is 0 Å². The van der Waals surface area contributed by atoms with Crippen LogP contribution in [0.25, 0.3) is 0 Å². The first kappa shape index (κ1) is 15.8. The van der Waals surface area contributed by atoms with Crippen molar-refractivity contribution in [2.24, 2.45) is 0 Å². The Morgan fingerprint density at radius 1 is 1.43 bits per heavy atom. The van der Waals surface area contributed by atoms with Gasteiger partial charge in [-0.25, -0.2) is 0 Å². The summed E-state index contributed by atoms with van der Waals surface area (Å²) in [5.41, 5.74) is 0.660. The quantitative estimate of drug-likeness (QED) is 0.847. The van der Waals surface area contributed by atoms with Gasteiger partial charge in [-0.3, -0.25) is 4.79 Å². The number of hydrogen-bond acceptors (Lipinski definition) is 4. The number of carbonyl (C=O) groups excluding carboxylic acids is 1. The number of hydrogen-bond donors (Lipinski definition) is 1. The van der Waals surface area contributed by atoms with Gasteiger partial charge in [0.1, 0.15) is 17.4 Å². The molecule has 1 N–H and O–H groups in total. The Morgan fingerprint density at radius 3 is 2.81 bits per heavy atom. The van der Waals surface area contributed by atoms with Crippen LogP contribution in [0.5, 0.6) is 5.75 Å². The summed E-state index contributed by atoms with van der Waals surface area (Å²) in [6.45, 7) is 4.33. The molecular formula is C17H25NO3. The second-order valence-corrected chi connectivity index (χ2v) is 6.03. The SMILES string of the molecule is CNC1(C(=O)OC)CCC(Oc2cccc(C(C)C)c2)C1. The summed E-state index contributed by atoms with van der Waals surface area (Å²) < 4.78 is 11.0. The molecule has 1 aliphatic carbocycles. The van der Waals surface area contributed by atoms with Gasteiger partial charge in [0.05, 0.1) is 7.11 Å². The molecule has 116 valence electrons. The van der Waals surface area contributed by atoms with E-state index in [9.17, 15) is 4.79 Å². The number of nitrogens with one attached hydrogen (secondary N) is 1. The Bertz CT molecular complexity index is 501. The summed E-state index contributed by atoms with van der Waals surface area (Å²) in [7, 11) is 3.24. The molecule has 2 unspecified atom stereocenters. The van der Waals surface area contributed by atoms with Crippen LogP contribution in [0.1, 0.15) is 44.6 Å². The molecule has 1 aliphatic rings. The van der Waals surface area contributed by atoms with Crippen molar-refractivity contribution in [3.05, 3.63) is 29.8 Å². The highest BCUT2D eigenvalue weighted by Crippen LogP contribution is 2.34. The molecule has 0 spiro atoms. The van der Waals surface area contributed by atoms with Crippen LogP contribution < -0.4 is 10.1 Å². The normalized spacial score (nSPS) is 25.1. The maximum Gasteiger partial charge on any atom is 0.326 e. The van der Waals surface area contributed by atoms with Crippen molar-refractivity contribution in [3.8, 4) is 5.75 Å². The highest BCUT2D eigenvalue weighted by Gasteiger charge is 2.46.